The van der Waals surface area contributed by atoms with Crippen LogP contribution in [0.1, 0.15) is 169 Å². The molecule has 0 aromatic heterocycles. The molecule has 2 aliphatic heterocycles. The molecule has 0 N–H and O–H groups in total. The van der Waals surface area contributed by atoms with Crippen molar-refractivity contribution in [3.05, 3.63) is 0 Å². The minimum Gasteiger partial charge on any atom is -0.460 e. The molecule has 0 saturated carbocycles. The highest BCUT2D eigenvalue weighted by molar-refractivity contribution is 5.66. The van der Waals surface area contributed by atoms with Gasteiger partial charge in [0.2, 0.25) is 0 Å². The van der Waals surface area contributed by atoms with Crippen LogP contribution in [-0.2, 0) is 28.5 Å². The summed E-state index contributed by atoms with van der Waals surface area (Å²) in [5, 5.41) is 0. The highest BCUT2D eigenvalue weighted by Gasteiger charge is 2.42. The van der Waals surface area contributed by atoms with E-state index >= 15 is 0 Å². The highest BCUT2D eigenvalue weighted by Crippen LogP contribution is 2.36. The van der Waals surface area contributed by atoms with Crippen LogP contribution >= 0.6 is 0 Å². The molecule has 6 atom stereocenters. The molecule has 0 radical (unpaired) electrons. The number of ether oxygens (including phenoxy) is 4. The van der Waals surface area contributed by atoms with Crippen molar-refractivity contribution in [2.45, 2.75) is 206 Å². The summed E-state index contributed by atoms with van der Waals surface area (Å²) in [4.78, 5) is 23.7. The van der Waals surface area contributed by atoms with E-state index in [4.69, 9.17) is 18.9 Å². The first-order chi connectivity index (χ1) is 19.4. The molecule has 2 rings (SSSR count). The van der Waals surface area contributed by atoms with E-state index in [2.05, 4.69) is 13.8 Å². The average molecular weight is 567 g/mol. The van der Waals surface area contributed by atoms with Crippen molar-refractivity contribution in [3.8, 4) is 0 Å². The summed E-state index contributed by atoms with van der Waals surface area (Å²) in [6, 6.07) is 0. The van der Waals surface area contributed by atoms with Gasteiger partial charge in [0.1, 0.15) is 12.2 Å². The third-order valence-corrected chi connectivity index (χ3v) is 8.73. The molecule has 0 aromatic rings. The SMILES string of the molecule is CCCCCCCCCC[C@H](OC(C)=O)[C@@H]1CC[C@H]([C@H]2CC[C@H]([C@@H](CCCCCCCCCC)OC(C)=O)O2)O1. The van der Waals surface area contributed by atoms with Crippen LogP contribution in [0.5, 0.6) is 0 Å². The Morgan fingerprint density at radius 2 is 0.875 bits per heavy atom. The predicted molar refractivity (Wildman–Crippen MR) is 161 cm³/mol. The molecule has 0 amide bonds. The summed E-state index contributed by atoms with van der Waals surface area (Å²) in [7, 11) is 0. The Morgan fingerprint density at radius 1 is 0.550 bits per heavy atom. The monoisotopic (exact) mass is 566 g/mol. The fraction of sp³-hybridized carbons (Fsp3) is 0.941. The van der Waals surface area contributed by atoms with Crippen LogP contribution in [0, 0.1) is 0 Å². The maximum atomic E-state index is 11.8. The fourth-order valence-electron chi connectivity index (χ4n) is 6.50. The van der Waals surface area contributed by atoms with Crippen LogP contribution in [0.15, 0.2) is 0 Å². The molecular formula is C34H62O6. The van der Waals surface area contributed by atoms with Gasteiger partial charge in [-0.15, -0.1) is 0 Å². The van der Waals surface area contributed by atoms with Gasteiger partial charge in [-0.2, -0.15) is 0 Å². The lowest BCUT2D eigenvalue weighted by Crippen LogP contribution is -2.35. The van der Waals surface area contributed by atoms with Crippen molar-refractivity contribution in [1.29, 1.82) is 0 Å². The van der Waals surface area contributed by atoms with E-state index in [1.807, 2.05) is 0 Å². The van der Waals surface area contributed by atoms with Crippen LogP contribution in [0.2, 0.25) is 0 Å². The lowest BCUT2D eigenvalue weighted by molar-refractivity contribution is -0.164. The van der Waals surface area contributed by atoms with Crippen molar-refractivity contribution < 1.29 is 28.5 Å². The number of esters is 2. The van der Waals surface area contributed by atoms with Crippen LogP contribution < -0.4 is 0 Å². The second kappa shape index (κ2) is 21.5. The predicted octanol–water partition coefficient (Wildman–Crippen LogP) is 9.01. The summed E-state index contributed by atoms with van der Waals surface area (Å²) in [5.41, 5.74) is 0. The minimum absolute atomic E-state index is 0.0210. The van der Waals surface area contributed by atoms with Crippen molar-refractivity contribution in [2.24, 2.45) is 0 Å². The van der Waals surface area contributed by atoms with Gasteiger partial charge < -0.3 is 18.9 Å². The zero-order valence-electron chi connectivity index (χ0n) is 26.5. The van der Waals surface area contributed by atoms with Gasteiger partial charge in [-0.25, -0.2) is 0 Å². The number of carbonyl (C=O) groups excluding carboxylic acids is 2. The van der Waals surface area contributed by atoms with Crippen LogP contribution in [0.3, 0.4) is 0 Å². The first kappa shape index (κ1) is 35.1. The molecule has 2 saturated heterocycles. The molecule has 0 aliphatic carbocycles. The average Bonchev–Trinajstić information content (AvgIpc) is 3.60. The number of carbonyl (C=O) groups is 2. The summed E-state index contributed by atoms with van der Waals surface area (Å²) < 4.78 is 24.4. The molecule has 6 nitrogen and oxygen atoms in total. The lowest BCUT2D eigenvalue weighted by Gasteiger charge is -2.27. The quantitative estimate of drug-likeness (QED) is 0.0908. The Bertz CT molecular complexity index is 611. The molecule has 0 aromatic carbocycles. The molecule has 40 heavy (non-hydrogen) atoms. The van der Waals surface area contributed by atoms with Gasteiger partial charge in [-0.05, 0) is 51.4 Å². The van der Waals surface area contributed by atoms with Crippen molar-refractivity contribution >= 4 is 11.9 Å². The number of rotatable bonds is 23. The fourth-order valence-corrected chi connectivity index (χ4v) is 6.50. The summed E-state index contributed by atoms with van der Waals surface area (Å²) in [5.74, 6) is -0.446. The molecule has 0 spiro atoms. The van der Waals surface area contributed by atoms with E-state index in [-0.39, 0.29) is 48.6 Å². The van der Waals surface area contributed by atoms with E-state index in [0.29, 0.717) is 0 Å². The Kier molecular flexibility index (Phi) is 18.9. The Hall–Kier alpha value is -1.14. The lowest BCUT2D eigenvalue weighted by atomic mass is 10.00. The molecule has 0 bridgehead atoms. The topological polar surface area (TPSA) is 71.1 Å². The van der Waals surface area contributed by atoms with Crippen LogP contribution in [0.25, 0.3) is 0 Å². The summed E-state index contributed by atoms with van der Waals surface area (Å²) >= 11 is 0. The molecular weight excluding hydrogens is 504 g/mol. The van der Waals surface area contributed by atoms with E-state index < -0.39 is 0 Å². The second-order valence-corrected chi connectivity index (χ2v) is 12.4. The van der Waals surface area contributed by atoms with E-state index in [1.54, 1.807) is 0 Å². The third kappa shape index (κ3) is 14.7. The largest absolute Gasteiger partial charge is 0.460 e. The van der Waals surface area contributed by atoms with Crippen molar-refractivity contribution in [2.75, 3.05) is 0 Å². The maximum absolute atomic E-state index is 11.8. The molecule has 6 heteroatoms. The summed E-state index contributed by atoms with van der Waals surface area (Å²) in [6.07, 6.45) is 25.2. The zero-order chi connectivity index (χ0) is 29.0. The minimum atomic E-state index is -0.223. The first-order valence-corrected chi connectivity index (χ1v) is 17.1. The zero-order valence-corrected chi connectivity index (χ0v) is 26.5. The Balaban J connectivity index is 1.74. The van der Waals surface area contributed by atoms with E-state index in [9.17, 15) is 9.59 Å². The van der Waals surface area contributed by atoms with Gasteiger partial charge >= 0.3 is 11.9 Å². The number of hydrogen-bond donors (Lipinski definition) is 0. The van der Waals surface area contributed by atoms with Gasteiger partial charge in [0, 0.05) is 13.8 Å². The standard InChI is InChI=1S/C34H62O6/c1-5-7-9-11-13-15-17-19-21-29(37-27(3)35)31-23-25-33(39-31)34-26-24-32(40-34)30(38-28(4)36)22-20-18-16-14-12-10-8-6-2/h29-34H,5-26H2,1-4H3/t29-,30+,31-,32+,33-,34-/m1/s1. The second-order valence-electron chi connectivity index (χ2n) is 12.4. The van der Waals surface area contributed by atoms with Gasteiger partial charge in [-0.3, -0.25) is 9.59 Å². The van der Waals surface area contributed by atoms with Gasteiger partial charge in [-0.1, -0.05) is 104 Å². The molecule has 0 unspecified atom stereocenters. The van der Waals surface area contributed by atoms with Gasteiger partial charge in [0.15, 0.2) is 0 Å². The van der Waals surface area contributed by atoms with Crippen LogP contribution in [-0.4, -0.2) is 48.6 Å². The molecule has 2 heterocycles. The summed E-state index contributed by atoms with van der Waals surface area (Å²) in [6.45, 7) is 7.50. The van der Waals surface area contributed by atoms with E-state index in [1.165, 1.54) is 104 Å². The van der Waals surface area contributed by atoms with Gasteiger partial charge in [0.25, 0.3) is 0 Å². The third-order valence-electron chi connectivity index (χ3n) is 8.73. The smallest absolute Gasteiger partial charge is 0.302 e. The first-order valence-electron chi connectivity index (χ1n) is 17.1. The Morgan fingerprint density at radius 3 is 1.20 bits per heavy atom. The van der Waals surface area contributed by atoms with Gasteiger partial charge in [0.05, 0.1) is 24.4 Å². The van der Waals surface area contributed by atoms with Crippen molar-refractivity contribution in [3.63, 3.8) is 0 Å². The number of hydrogen-bond acceptors (Lipinski definition) is 6. The molecule has 2 fully saturated rings. The Labute approximate surface area is 246 Å². The van der Waals surface area contributed by atoms with Crippen LogP contribution in [0.4, 0.5) is 0 Å². The maximum Gasteiger partial charge on any atom is 0.302 e. The van der Waals surface area contributed by atoms with E-state index in [0.717, 1.165) is 51.4 Å². The molecule has 234 valence electrons. The highest BCUT2D eigenvalue weighted by atomic mass is 16.6. The normalized spacial score (nSPS) is 24.2. The van der Waals surface area contributed by atoms with Crippen molar-refractivity contribution in [1.82, 2.24) is 0 Å². The number of unbranched alkanes of at least 4 members (excludes halogenated alkanes) is 14. The molecule has 2 aliphatic rings.